The number of likely N-dealkylation sites (tertiary alicyclic amines) is 1. The summed E-state index contributed by atoms with van der Waals surface area (Å²) in [7, 11) is 0. The molecule has 0 aliphatic carbocycles. The zero-order valence-corrected chi connectivity index (χ0v) is 14.3. The number of aromatic amines is 1. The first-order valence-electron chi connectivity index (χ1n) is 8.58. The number of H-pyrrole nitrogens is 1. The molecule has 1 amide bonds. The molecule has 1 saturated heterocycles. The van der Waals surface area contributed by atoms with Crippen molar-refractivity contribution in [1.29, 1.82) is 0 Å². The number of nitrogens with zero attached hydrogens (tertiary/aromatic N) is 3. The first kappa shape index (κ1) is 16.6. The molecule has 1 aromatic heterocycles. The highest BCUT2D eigenvalue weighted by Gasteiger charge is 2.23. The van der Waals surface area contributed by atoms with Gasteiger partial charge in [-0.3, -0.25) is 9.89 Å². The number of aromatic nitrogens is 3. The number of benzene rings is 1. The number of hydrogen-bond donors (Lipinski definition) is 2. The van der Waals surface area contributed by atoms with Gasteiger partial charge in [0.25, 0.3) is 5.91 Å². The second-order valence-corrected chi connectivity index (χ2v) is 6.93. The van der Waals surface area contributed by atoms with Crippen LogP contribution in [-0.4, -0.2) is 52.2 Å². The summed E-state index contributed by atoms with van der Waals surface area (Å²) < 4.78 is 0. The molecule has 128 valence electrons. The number of hydrogen-bond acceptors (Lipinski definition) is 4. The van der Waals surface area contributed by atoms with Crippen molar-refractivity contribution in [3.8, 4) is 11.4 Å². The molecule has 0 saturated carbocycles. The lowest BCUT2D eigenvalue weighted by Crippen LogP contribution is -2.31. The molecule has 0 spiro atoms. The van der Waals surface area contributed by atoms with E-state index in [-0.39, 0.29) is 5.91 Å². The Bertz CT molecular complexity index is 668. The molecule has 1 fully saturated rings. The third kappa shape index (κ3) is 4.20. The highest BCUT2D eigenvalue weighted by Crippen LogP contribution is 2.18. The molecule has 6 nitrogen and oxygen atoms in total. The summed E-state index contributed by atoms with van der Waals surface area (Å²) in [4.78, 5) is 19.0. The molecule has 2 heterocycles. The molecule has 1 aromatic carbocycles. The largest absolute Gasteiger partial charge is 0.352 e. The molecule has 24 heavy (non-hydrogen) atoms. The van der Waals surface area contributed by atoms with E-state index in [4.69, 9.17) is 0 Å². The van der Waals surface area contributed by atoms with E-state index < -0.39 is 0 Å². The Labute approximate surface area is 142 Å². The van der Waals surface area contributed by atoms with Crippen molar-refractivity contribution in [3.05, 3.63) is 36.2 Å². The maximum atomic E-state index is 12.4. The maximum absolute atomic E-state index is 12.4. The van der Waals surface area contributed by atoms with Crippen molar-refractivity contribution >= 4 is 5.91 Å². The molecule has 2 N–H and O–H groups in total. The van der Waals surface area contributed by atoms with Crippen LogP contribution in [0.3, 0.4) is 0 Å². The minimum absolute atomic E-state index is 0.0290. The van der Waals surface area contributed by atoms with Crippen LogP contribution >= 0.6 is 0 Å². The van der Waals surface area contributed by atoms with Crippen molar-refractivity contribution in [2.45, 2.75) is 20.3 Å². The minimum Gasteiger partial charge on any atom is -0.352 e. The molecular weight excluding hydrogens is 302 g/mol. The van der Waals surface area contributed by atoms with Crippen molar-refractivity contribution in [2.24, 2.45) is 11.8 Å². The van der Waals surface area contributed by atoms with Crippen LogP contribution in [0.1, 0.15) is 30.6 Å². The van der Waals surface area contributed by atoms with Gasteiger partial charge in [0, 0.05) is 30.8 Å². The van der Waals surface area contributed by atoms with Crippen LogP contribution < -0.4 is 5.32 Å². The van der Waals surface area contributed by atoms with Gasteiger partial charge < -0.3 is 10.2 Å². The monoisotopic (exact) mass is 327 g/mol. The third-order valence-electron chi connectivity index (χ3n) is 4.36. The van der Waals surface area contributed by atoms with E-state index in [9.17, 15) is 4.79 Å². The van der Waals surface area contributed by atoms with Gasteiger partial charge in [-0.25, -0.2) is 4.98 Å². The third-order valence-corrected chi connectivity index (χ3v) is 4.36. The maximum Gasteiger partial charge on any atom is 0.251 e. The van der Waals surface area contributed by atoms with Crippen molar-refractivity contribution in [3.63, 3.8) is 0 Å². The molecular formula is C18H25N5O. The predicted octanol–water partition coefficient (Wildman–Crippen LogP) is 2.18. The van der Waals surface area contributed by atoms with Crippen molar-refractivity contribution in [1.82, 2.24) is 25.4 Å². The van der Waals surface area contributed by atoms with Crippen molar-refractivity contribution in [2.75, 3.05) is 26.2 Å². The quantitative estimate of drug-likeness (QED) is 0.853. The topological polar surface area (TPSA) is 73.9 Å². The van der Waals surface area contributed by atoms with Gasteiger partial charge in [-0.15, -0.1) is 0 Å². The summed E-state index contributed by atoms with van der Waals surface area (Å²) in [6, 6.07) is 7.45. The predicted molar refractivity (Wildman–Crippen MR) is 93.5 cm³/mol. The lowest BCUT2D eigenvalue weighted by molar-refractivity contribution is 0.0947. The number of nitrogens with one attached hydrogen (secondary N) is 2. The first-order chi connectivity index (χ1) is 11.6. The van der Waals surface area contributed by atoms with Gasteiger partial charge in [0.15, 0.2) is 5.82 Å². The fraction of sp³-hybridized carbons (Fsp3) is 0.500. The summed E-state index contributed by atoms with van der Waals surface area (Å²) in [5.74, 6) is 1.88. The highest BCUT2D eigenvalue weighted by atomic mass is 16.1. The van der Waals surface area contributed by atoms with Gasteiger partial charge in [-0.05, 0) is 36.9 Å². The van der Waals surface area contributed by atoms with Crippen LogP contribution in [0.2, 0.25) is 0 Å². The SMILES string of the molecule is CC(C)CN1CCC(CNC(=O)c2cccc(-c3ncn[nH]3)c2)C1. The van der Waals surface area contributed by atoms with E-state index in [1.54, 1.807) is 0 Å². The van der Waals surface area contributed by atoms with Crippen molar-refractivity contribution < 1.29 is 4.79 Å². The van der Waals surface area contributed by atoms with E-state index in [1.165, 1.54) is 6.33 Å². The molecule has 6 heteroatoms. The number of rotatable bonds is 6. The Balaban J connectivity index is 1.53. The van der Waals surface area contributed by atoms with Crippen LogP contribution in [0.25, 0.3) is 11.4 Å². The lowest BCUT2D eigenvalue weighted by atomic mass is 10.1. The highest BCUT2D eigenvalue weighted by molar-refractivity contribution is 5.95. The lowest BCUT2D eigenvalue weighted by Gasteiger charge is -2.18. The fourth-order valence-corrected chi connectivity index (χ4v) is 3.25. The number of carbonyl (C=O) groups excluding carboxylic acids is 1. The van der Waals surface area contributed by atoms with Crippen LogP contribution in [-0.2, 0) is 0 Å². The molecule has 3 rings (SSSR count). The van der Waals surface area contributed by atoms with Gasteiger partial charge in [0.1, 0.15) is 6.33 Å². The van der Waals surface area contributed by atoms with Gasteiger partial charge in [0.05, 0.1) is 0 Å². The second kappa shape index (κ2) is 7.57. The van der Waals surface area contributed by atoms with Crippen LogP contribution in [0.15, 0.2) is 30.6 Å². The zero-order chi connectivity index (χ0) is 16.9. The van der Waals surface area contributed by atoms with Gasteiger partial charge in [-0.1, -0.05) is 26.0 Å². The molecule has 1 aliphatic rings. The number of carbonyl (C=O) groups is 1. The van der Waals surface area contributed by atoms with E-state index in [0.717, 1.165) is 38.2 Å². The molecule has 2 aromatic rings. The fourth-order valence-electron chi connectivity index (χ4n) is 3.25. The summed E-state index contributed by atoms with van der Waals surface area (Å²) in [6.45, 7) is 8.59. The Kier molecular flexibility index (Phi) is 5.25. The van der Waals surface area contributed by atoms with E-state index in [1.807, 2.05) is 24.3 Å². The Morgan fingerprint density at radius 3 is 3.08 bits per heavy atom. The minimum atomic E-state index is -0.0290. The molecule has 1 atom stereocenters. The standard InChI is InChI=1S/C18H25N5O/c1-13(2)10-23-7-6-14(11-23)9-19-18(24)16-5-3-4-15(8-16)17-20-12-21-22-17/h3-5,8,12-14H,6-7,9-11H2,1-2H3,(H,19,24)(H,20,21,22). The van der Waals surface area contributed by atoms with E-state index in [2.05, 4.69) is 39.2 Å². The van der Waals surface area contributed by atoms with Gasteiger partial charge >= 0.3 is 0 Å². The molecule has 0 bridgehead atoms. The second-order valence-electron chi connectivity index (χ2n) is 6.93. The van der Waals surface area contributed by atoms with Gasteiger partial charge in [-0.2, -0.15) is 5.10 Å². The van der Waals surface area contributed by atoms with E-state index >= 15 is 0 Å². The summed E-state index contributed by atoms with van der Waals surface area (Å²) in [5.41, 5.74) is 1.52. The number of amides is 1. The van der Waals surface area contributed by atoms with Crippen LogP contribution in [0, 0.1) is 11.8 Å². The summed E-state index contributed by atoms with van der Waals surface area (Å²) in [6.07, 6.45) is 2.62. The summed E-state index contributed by atoms with van der Waals surface area (Å²) in [5, 5.41) is 9.74. The first-order valence-corrected chi connectivity index (χ1v) is 8.58. The van der Waals surface area contributed by atoms with E-state index in [0.29, 0.717) is 23.2 Å². The average molecular weight is 327 g/mol. The molecule has 1 aliphatic heterocycles. The Morgan fingerprint density at radius 1 is 1.46 bits per heavy atom. The Hall–Kier alpha value is -2.21. The average Bonchev–Trinajstić information content (AvgIpc) is 3.24. The smallest absolute Gasteiger partial charge is 0.251 e. The molecule has 1 unspecified atom stereocenters. The normalized spacial score (nSPS) is 18.2. The van der Waals surface area contributed by atoms with Gasteiger partial charge in [0.2, 0.25) is 0 Å². The molecule has 0 radical (unpaired) electrons. The zero-order valence-electron chi connectivity index (χ0n) is 14.3. The Morgan fingerprint density at radius 2 is 2.33 bits per heavy atom. The summed E-state index contributed by atoms with van der Waals surface area (Å²) >= 11 is 0. The van der Waals surface area contributed by atoms with Crippen LogP contribution in [0.5, 0.6) is 0 Å². The van der Waals surface area contributed by atoms with Crippen LogP contribution in [0.4, 0.5) is 0 Å².